The summed E-state index contributed by atoms with van der Waals surface area (Å²) >= 11 is 0. The first-order valence-corrected chi connectivity index (χ1v) is 10.2. The Kier molecular flexibility index (Phi) is 5.13. The summed E-state index contributed by atoms with van der Waals surface area (Å²) < 4.78 is 29.7. The molecule has 138 valence electrons. The lowest BCUT2D eigenvalue weighted by molar-refractivity contribution is -0.386. The van der Waals surface area contributed by atoms with Crippen LogP contribution in [0.25, 0.3) is 0 Å². The molecule has 0 atom stereocenters. The molecule has 0 aromatic heterocycles. The van der Waals surface area contributed by atoms with E-state index >= 15 is 0 Å². The standard InChI is InChI=1S/C18H20N2O5S/c1-26(23,24)17-11-5-9-15(18(17)20(21)22)19-12-13-6-2-3-10-16(13)25-14-7-4-8-14/h2-3,5-6,9-11,14,19H,4,7-8,12H2,1H3. The number of para-hydroxylation sites is 2. The fraction of sp³-hybridized carbons (Fsp3) is 0.333. The third-order valence-corrected chi connectivity index (χ3v) is 5.50. The minimum Gasteiger partial charge on any atom is -0.490 e. The highest BCUT2D eigenvalue weighted by molar-refractivity contribution is 7.90. The summed E-state index contributed by atoms with van der Waals surface area (Å²) in [7, 11) is -3.71. The average Bonchev–Trinajstić information content (AvgIpc) is 2.55. The first-order chi connectivity index (χ1) is 12.4. The number of rotatable bonds is 7. The maximum atomic E-state index is 11.8. The van der Waals surface area contributed by atoms with Crippen molar-refractivity contribution in [2.24, 2.45) is 0 Å². The third-order valence-electron chi connectivity index (χ3n) is 4.37. The molecule has 1 N–H and O–H groups in total. The van der Waals surface area contributed by atoms with Gasteiger partial charge in [-0.15, -0.1) is 0 Å². The molecule has 1 aliphatic carbocycles. The van der Waals surface area contributed by atoms with Gasteiger partial charge in [-0.25, -0.2) is 8.42 Å². The molecular weight excluding hydrogens is 356 g/mol. The van der Waals surface area contributed by atoms with Gasteiger partial charge in [-0.2, -0.15) is 0 Å². The van der Waals surface area contributed by atoms with Gasteiger partial charge in [0, 0.05) is 18.4 Å². The monoisotopic (exact) mass is 376 g/mol. The van der Waals surface area contributed by atoms with Crippen LogP contribution in [0.15, 0.2) is 47.4 Å². The van der Waals surface area contributed by atoms with Crippen molar-refractivity contribution >= 4 is 21.2 Å². The molecule has 26 heavy (non-hydrogen) atoms. The van der Waals surface area contributed by atoms with E-state index in [0.29, 0.717) is 0 Å². The smallest absolute Gasteiger partial charge is 0.310 e. The molecule has 0 unspecified atom stereocenters. The lowest BCUT2D eigenvalue weighted by Crippen LogP contribution is -2.25. The molecule has 0 aliphatic heterocycles. The van der Waals surface area contributed by atoms with Crippen LogP contribution in [0, 0.1) is 10.1 Å². The van der Waals surface area contributed by atoms with E-state index in [1.807, 2.05) is 24.3 Å². The van der Waals surface area contributed by atoms with Crippen LogP contribution in [0.4, 0.5) is 11.4 Å². The number of hydrogen-bond donors (Lipinski definition) is 1. The van der Waals surface area contributed by atoms with Gasteiger partial charge in [0.2, 0.25) is 0 Å². The SMILES string of the molecule is CS(=O)(=O)c1cccc(NCc2ccccc2OC2CCC2)c1[N+](=O)[O-]. The van der Waals surface area contributed by atoms with E-state index in [9.17, 15) is 18.5 Å². The number of nitro benzene ring substituents is 1. The van der Waals surface area contributed by atoms with Gasteiger partial charge in [-0.05, 0) is 37.5 Å². The second kappa shape index (κ2) is 7.33. The Bertz CT molecular complexity index is 923. The van der Waals surface area contributed by atoms with E-state index in [2.05, 4.69) is 5.32 Å². The maximum Gasteiger partial charge on any atom is 0.310 e. The van der Waals surface area contributed by atoms with Crippen molar-refractivity contribution in [3.63, 3.8) is 0 Å². The predicted octanol–water partition coefficient (Wildman–Crippen LogP) is 3.54. The highest BCUT2D eigenvalue weighted by Crippen LogP contribution is 2.33. The van der Waals surface area contributed by atoms with Crippen LogP contribution in [-0.4, -0.2) is 25.7 Å². The Morgan fingerprint density at radius 1 is 1.19 bits per heavy atom. The van der Waals surface area contributed by atoms with Gasteiger partial charge in [0.25, 0.3) is 0 Å². The summed E-state index contributed by atoms with van der Waals surface area (Å²) in [6.07, 6.45) is 4.41. The van der Waals surface area contributed by atoms with Gasteiger partial charge in [0.15, 0.2) is 9.84 Å². The number of benzene rings is 2. The number of nitrogens with zero attached hydrogens (tertiary/aromatic N) is 1. The Hall–Kier alpha value is -2.61. The zero-order chi connectivity index (χ0) is 18.7. The molecule has 0 heterocycles. The molecule has 1 fully saturated rings. The molecule has 1 aliphatic rings. The molecule has 0 amide bonds. The molecule has 0 radical (unpaired) electrons. The van der Waals surface area contributed by atoms with Gasteiger partial charge < -0.3 is 10.1 Å². The van der Waals surface area contributed by atoms with Crippen molar-refractivity contribution in [3.05, 3.63) is 58.1 Å². The van der Waals surface area contributed by atoms with Crippen LogP contribution in [0.3, 0.4) is 0 Å². The Morgan fingerprint density at radius 2 is 1.92 bits per heavy atom. The van der Waals surface area contributed by atoms with Gasteiger partial charge in [-0.3, -0.25) is 10.1 Å². The quantitative estimate of drug-likeness (QED) is 0.586. The minimum atomic E-state index is -3.71. The van der Waals surface area contributed by atoms with Crippen molar-refractivity contribution in [1.82, 2.24) is 0 Å². The van der Waals surface area contributed by atoms with Crippen LogP contribution in [0.2, 0.25) is 0 Å². The van der Waals surface area contributed by atoms with Crippen molar-refractivity contribution in [3.8, 4) is 5.75 Å². The molecule has 3 rings (SSSR count). The lowest BCUT2D eigenvalue weighted by Gasteiger charge is -2.27. The normalized spacial score (nSPS) is 14.5. The van der Waals surface area contributed by atoms with Crippen molar-refractivity contribution < 1.29 is 18.1 Å². The first kappa shape index (κ1) is 18.2. The topological polar surface area (TPSA) is 98.5 Å². The molecule has 8 heteroatoms. The molecule has 1 saturated carbocycles. The Labute approximate surface area is 152 Å². The number of sulfone groups is 1. The number of nitro groups is 1. The molecule has 2 aromatic carbocycles. The van der Waals surface area contributed by atoms with Gasteiger partial charge >= 0.3 is 5.69 Å². The second-order valence-corrected chi connectivity index (χ2v) is 8.30. The van der Waals surface area contributed by atoms with E-state index < -0.39 is 20.4 Å². The van der Waals surface area contributed by atoms with Gasteiger partial charge in [0.1, 0.15) is 16.3 Å². The van der Waals surface area contributed by atoms with E-state index in [-0.39, 0.29) is 23.2 Å². The predicted molar refractivity (Wildman–Crippen MR) is 98.2 cm³/mol. The molecule has 0 saturated heterocycles. The zero-order valence-corrected chi connectivity index (χ0v) is 15.2. The fourth-order valence-electron chi connectivity index (χ4n) is 2.78. The van der Waals surface area contributed by atoms with E-state index in [1.54, 1.807) is 0 Å². The van der Waals surface area contributed by atoms with Gasteiger partial charge in [-0.1, -0.05) is 24.3 Å². The van der Waals surface area contributed by atoms with Crippen LogP contribution < -0.4 is 10.1 Å². The van der Waals surface area contributed by atoms with E-state index in [1.165, 1.54) is 18.2 Å². The summed E-state index contributed by atoms with van der Waals surface area (Å²) in [5, 5.41) is 14.4. The van der Waals surface area contributed by atoms with Crippen LogP contribution in [-0.2, 0) is 16.4 Å². The van der Waals surface area contributed by atoms with E-state index in [0.717, 1.165) is 36.8 Å². The number of anilines is 1. The Balaban J connectivity index is 1.85. The molecular formula is C18H20N2O5S. The lowest BCUT2D eigenvalue weighted by atomic mass is 9.96. The summed E-state index contributed by atoms with van der Waals surface area (Å²) in [5.74, 6) is 0.742. The molecule has 0 spiro atoms. The van der Waals surface area contributed by atoms with E-state index in [4.69, 9.17) is 4.74 Å². The van der Waals surface area contributed by atoms with Crippen molar-refractivity contribution in [2.75, 3.05) is 11.6 Å². The second-order valence-electron chi connectivity index (χ2n) is 6.31. The average molecular weight is 376 g/mol. The summed E-state index contributed by atoms with van der Waals surface area (Å²) in [6.45, 7) is 0.289. The number of hydrogen-bond acceptors (Lipinski definition) is 6. The van der Waals surface area contributed by atoms with Crippen LogP contribution in [0.1, 0.15) is 24.8 Å². The van der Waals surface area contributed by atoms with Crippen molar-refractivity contribution in [1.29, 1.82) is 0 Å². The summed E-state index contributed by atoms with van der Waals surface area (Å²) in [5.41, 5.74) is 0.585. The Morgan fingerprint density at radius 3 is 2.54 bits per heavy atom. The fourth-order valence-corrected chi connectivity index (χ4v) is 3.64. The van der Waals surface area contributed by atoms with Crippen LogP contribution in [0.5, 0.6) is 5.75 Å². The molecule has 0 bridgehead atoms. The summed E-state index contributed by atoms with van der Waals surface area (Å²) in [4.78, 5) is 10.5. The largest absolute Gasteiger partial charge is 0.490 e. The zero-order valence-electron chi connectivity index (χ0n) is 14.3. The number of nitrogens with one attached hydrogen (secondary N) is 1. The van der Waals surface area contributed by atoms with Gasteiger partial charge in [0.05, 0.1) is 11.0 Å². The third kappa shape index (κ3) is 3.96. The molecule has 2 aromatic rings. The van der Waals surface area contributed by atoms with Crippen molar-refractivity contribution in [2.45, 2.75) is 36.8 Å². The maximum absolute atomic E-state index is 11.8. The molecule has 7 nitrogen and oxygen atoms in total. The van der Waals surface area contributed by atoms with Crippen LogP contribution >= 0.6 is 0 Å². The minimum absolute atomic E-state index is 0.163. The highest BCUT2D eigenvalue weighted by atomic mass is 32.2. The summed E-state index contributed by atoms with van der Waals surface area (Å²) in [6, 6.07) is 11.7. The highest BCUT2D eigenvalue weighted by Gasteiger charge is 2.26. The first-order valence-electron chi connectivity index (χ1n) is 8.32. The number of ether oxygens (including phenoxy) is 1.